The Hall–Kier alpha value is -3.55. The summed E-state index contributed by atoms with van der Waals surface area (Å²) in [5.41, 5.74) is 3.92. The zero-order chi connectivity index (χ0) is 22.1. The number of anilines is 2. The molecule has 32 heavy (non-hydrogen) atoms. The van der Waals surface area contributed by atoms with E-state index in [0.717, 1.165) is 19.3 Å². The third-order valence-corrected chi connectivity index (χ3v) is 6.02. The Morgan fingerprint density at radius 3 is 2.72 bits per heavy atom. The summed E-state index contributed by atoms with van der Waals surface area (Å²) in [6.45, 7) is 0.754. The number of hydrogen-bond acceptors (Lipinski definition) is 6. The molecule has 1 fully saturated rings. The number of nitrogens with zero attached hydrogens (tertiary/aromatic N) is 1. The largest absolute Gasteiger partial charge is 0.486 e. The molecule has 3 aliphatic rings. The maximum absolute atomic E-state index is 12.5. The number of rotatable bonds is 5. The summed E-state index contributed by atoms with van der Waals surface area (Å²) in [5, 5.41) is 2.77. The Morgan fingerprint density at radius 2 is 1.84 bits per heavy atom. The van der Waals surface area contributed by atoms with Gasteiger partial charge in [0.25, 0.3) is 5.91 Å². The van der Waals surface area contributed by atoms with Gasteiger partial charge in [-0.25, -0.2) is 0 Å². The lowest BCUT2D eigenvalue weighted by atomic mass is 10.1. The smallest absolute Gasteiger partial charge is 0.311 e. The summed E-state index contributed by atoms with van der Waals surface area (Å²) in [7, 11) is 0. The number of esters is 1. The number of nitrogens with one attached hydrogen (secondary N) is 1. The standard InChI is InChI=1S/C24H24N2O6/c27-22(25-18-5-4-15-2-1-3-16(15)10-18)14-32-24(29)17-11-23(28)26(13-17)19-6-7-20-21(12-19)31-9-8-30-20/h4-7,10,12,17H,1-3,8-9,11,13-14H2,(H,25,27)/t17-/m0/s1. The van der Waals surface area contributed by atoms with E-state index in [1.807, 2.05) is 18.2 Å². The Labute approximate surface area is 185 Å². The van der Waals surface area contributed by atoms with E-state index in [0.29, 0.717) is 36.1 Å². The number of hydrogen-bond donors (Lipinski definition) is 1. The lowest BCUT2D eigenvalue weighted by Gasteiger charge is -2.22. The van der Waals surface area contributed by atoms with Crippen LogP contribution in [0, 0.1) is 5.92 Å². The Balaban J connectivity index is 1.15. The predicted octanol–water partition coefficient (Wildman–Crippen LogP) is 2.48. The zero-order valence-corrected chi connectivity index (χ0v) is 17.6. The second-order valence-corrected chi connectivity index (χ2v) is 8.23. The molecule has 0 aromatic heterocycles. The third kappa shape index (κ3) is 4.12. The molecule has 0 bridgehead atoms. The molecule has 5 rings (SSSR count). The van der Waals surface area contributed by atoms with Gasteiger partial charge in [-0.3, -0.25) is 14.4 Å². The second kappa shape index (κ2) is 8.53. The van der Waals surface area contributed by atoms with Crippen LogP contribution in [0.2, 0.25) is 0 Å². The van der Waals surface area contributed by atoms with Crippen molar-refractivity contribution in [2.24, 2.45) is 5.92 Å². The van der Waals surface area contributed by atoms with Gasteiger partial charge in [-0.1, -0.05) is 6.07 Å². The average molecular weight is 436 g/mol. The molecule has 0 spiro atoms. The topological polar surface area (TPSA) is 94.2 Å². The molecule has 2 amide bonds. The summed E-state index contributed by atoms with van der Waals surface area (Å²) >= 11 is 0. The fourth-order valence-corrected chi connectivity index (χ4v) is 4.42. The van der Waals surface area contributed by atoms with Gasteiger partial charge in [0.1, 0.15) is 13.2 Å². The quantitative estimate of drug-likeness (QED) is 0.724. The highest BCUT2D eigenvalue weighted by molar-refractivity contribution is 6.00. The molecule has 2 aromatic rings. The summed E-state index contributed by atoms with van der Waals surface area (Å²) in [6, 6.07) is 11.1. The van der Waals surface area contributed by atoms with Gasteiger partial charge in [0, 0.05) is 30.4 Å². The van der Waals surface area contributed by atoms with Crippen LogP contribution in [0.25, 0.3) is 0 Å². The molecule has 8 heteroatoms. The van der Waals surface area contributed by atoms with Crippen LogP contribution in [0.5, 0.6) is 11.5 Å². The van der Waals surface area contributed by atoms with Crippen molar-refractivity contribution in [1.29, 1.82) is 0 Å². The van der Waals surface area contributed by atoms with Crippen LogP contribution in [0.15, 0.2) is 36.4 Å². The van der Waals surface area contributed by atoms with Crippen molar-refractivity contribution < 1.29 is 28.6 Å². The predicted molar refractivity (Wildman–Crippen MR) is 116 cm³/mol. The zero-order valence-electron chi connectivity index (χ0n) is 17.6. The highest BCUT2D eigenvalue weighted by Crippen LogP contribution is 2.36. The fraction of sp³-hybridized carbons (Fsp3) is 0.375. The van der Waals surface area contributed by atoms with E-state index in [9.17, 15) is 14.4 Å². The second-order valence-electron chi connectivity index (χ2n) is 8.23. The van der Waals surface area contributed by atoms with E-state index in [-0.39, 0.29) is 25.5 Å². The summed E-state index contributed by atoms with van der Waals surface area (Å²) < 4.78 is 16.3. The van der Waals surface area contributed by atoms with Gasteiger partial charge in [0.15, 0.2) is 18.1 Å². The molecule has 0 saturated carbocycles. The van der Waals surface area contributed by atoms with Crippen molar-refractivity contribution in [1.82, 2.24) is 0 Å². The fourth-order valence-electron chi connectivity index (χ4n) is 4.42. The average Bonchev–Trinajstić information content (AvgIpc) is 3.43. The normalized spacial score (nSPS) is 18.9. The van der Waals surface area contributed by atoms with Gasteiger partial charge in [0.05, 0.1) is 5.92 Å². The van der Waals surface area contributed by atoms with Crippen molar-refractivity contribution in [2.75, 3.05) is 36.6 Å². The maximum Gasteiger partial charge on any atom is 0.311 e. The van der Waals surface area contributed by atoms with Gasteiger partial charge in [0.2, 0.25) is 5.91 Å². The van der Waals surface area contributed by atoms with Crippen molar-refractivity contribution in [2.45, 2.75) is 25.7 Å². The van der Waals surface area contributed by atoms with E-state index in [1.165, 1.54) is 16.0 Å². The van der Waals surface area contributed by atoms with Gasteiger partial charge in [-0.15, -0.1) is 0 Å². The van der Waals surface area contributed by atoms with Crippen molar-refractivity contribution in [3.05, 3.63) is 47.5 Å². The summed E-state index contributed by atoms with van der Waals surface area (Å²) in [5.74, 6) is -0.533. The first-order valence-corrected chi connectivity index (χ1v) is 10.8. The van der Waals surface area contributed by atoms with Crippen LogP contribution in [-0.2, 0) is 32.0 Å². The van der Waals surface area contributed by atoms with Crippen molar-refractivity contribution >= 4 is 29.2 Å². The number of carbonyl (C=O) groups is 3. The molecule has 166 valence electrons. The molecule has 0 radical (unpaired) electrons. The SMILES string of the molecule is O=C(COC(=O)[C@H]1CC(=O)N(c2ccc3c(c2)OCCO3)C1)Nc1ccc2c(c1)CCC2. The number of carbonyl (C=O) groups excluding carboxylic acids is 3. The lowest BCUT2D eigenvalue weighted by molar-refractivity contribution is -0.151. The number of aryl methyl sites for hydroxylation is 2. The number of benzene rings is 2. The molecular weight excluding hydrogens is 412 g/mol. The first-order chi connectivity index (χ1) is 15.6. The van der Waals surface area contributed by atoms with Gasteiger partial charge in [-0.2, -0.15) is 0 Å². The Bertz CT molecular complexity index is 1080. The van der Waals surface area contributed by atoms with Crippen LogP contribution in [0.3, 0.4) is 0 Å². The molecule has 2 heterocycles. The lowest BCUT2D eigenvalue weighted by Crippen LogP contribution is -2.28. The van der Waals surface area contributed by atoms with Crippen molar-refractivity contribution in [3.8, 4) is 11.5 Å². The first kappa shape index (κ1) is 20.4. The minimum absolute atomic E-state index is 0.0414. The molecule has 8 nitrogen and oxygen atoms in total. The molecule has 2 aliphatic heterocycles. The highest BCUT2D eigenvalue weighted by atomic mass is 16.6. The summed E-state index contributed by atoms with van der Waals surface area (Å²) in [6.07, 6.45) is 3.27. The maximum atomic E-state index is 12.5. The van der Waals surface area contributed by atoms with Crippen molar-refractivity contribution in [3.63, 3.8) is 0 Å². The Kier molecular flexibility index (Phi) is 5.43. The Morgan fingerprint density at radius 1 is 1.03 bits per heavy atom. The monoisotopic (exact) mass is 436 g/mol. The highest BCUT2D eigenvalue weighted by Gasteiger charge is 2.36. The van der Waals surface area contributed by atoms with Crippen LogP contribution >= 0.6 is 0 Å². The molecule has 1 aliphatic carbocycles. The minimum Gasteiger partial charge on any atom is -0.486 e. The molecule has 0 unspecified atom stereocenters. The molecule has 1 atom stereocenters. The first-order valence-electron chi connectivity index (χ1n) is 10.8. The number of ether oxygens (including phenoxy) is 3. The van der Waals surface area contributed by atoms with E-state index in [1.54, 1.807) is 18.2 Å². The molecule has 1 N–H and O–H groups in total. The number of amides is 2. The van der Waals surface area contributed by atoms with Crippen LogP contribution in [-0.4, -0.2) is 44.1 Å². The third-order valence-electron chi connectivity index (χ3n) is 6.02. The van der Waals surface area contributed by atoms with Gasteiger partial charge >= 0.3 is 5.97 Å². The van der Waals surface area contributed by atoms with E-state index >= 15 is 0 Å². The molecule has 1 saturated heterocycles. The van der Waals surface area contributed by atoms with Crippen LogP contribution < -0.4 is 19.7 Å². The molecular formula is C24H24N2O6. The van der Waals surface area contributed by atoms with E-state index < -0.39 is 17.8 Å². The van der Waals surface area contributed by atoms with Gasteiger partial charge < -0.3 is 24.4 Å². The van der Waals surface area contributed by atoms with Crippen LogP contribution in [0.4, 0.5) is 11.4 Å². The molecule has 2 aromatic carbocycles. The van der Waals surface area contributed by atoms with E-state index in [4.69, 9.17) is 14.2 Å². The van der Waals surface area contributed by atoms with E-state index in [2.05, 4.69) is 5.32 Å². The minimum atomic E-state index is -0.622. The van der Waals surface area contributed by atoms with Gasteiger partial charge in [-0.05, 0) is 54.7 Å². The number of fused-ring (bicyclic) bond motifs is 2. The van der Waals surface area contributed by atoms with Crippen LogP contribution in [0.1, 0.15) is 24.0 Å². The summed E-state index contributed by atoms with van der Waals surface area (Å²) in [4.78, 5) is 38.7.